The van der Waals surface area contributed by atoms with Gasteiger partial charge in [0.15, 0.2) is 0 Å². The third-order valence-corrected chi connectivity index (χ3v) is 5.76. The Labute approximate surface area is 189 Å². The van der Waals surface area contributed by atoms with E-state index < -0.39 is 12.1 Å². The quantitative estimate of drug-likeness (QED) is 0.498. The van der Waals surface area contributed by atoms with Crippen LogP contribution in [0.1, 0.15) is 47.7 Å². The number of Topliss-reactive ketones (excluding diaryl/α,β-unsaturated/α-hetero) is 1. The molecule has 3 aromatic rings. The number of benzene rings is 3. The van der Waals surface area contributed by atoms with E-state index >= 15 is 0 Å². The molecule has 2 N–H and O–H groups in total. The van der Waals surface area contributed by atoms with Gasteiger partial charge in [0.25, 0.3) is 0 Å². The minimum Gasteiger partial charge on any atom is -0.478 e. The van der Waals surface area contributed by atoms with Gasteiger partial charge in [-0.15, -0.1) is 0 Å². The Morgan fingerprint density at radius 3 is 2.34 bits per heavy atom. The predicted octanol–water partition coefficient (Wildman–Crippen LogP) is 5.62. The molecule has 1 unspecified atom stereocenters. The Morgan fingerprint density at radius 1 is 1.03 bits per heavy atom. The number of carboxylic acid groups (broad SMARTS) is 1. The van der Waals surface area contributed by atoms with E-state index in [1.165, 1.54) is 10.8 Å². The summed E-state index contributed by atoms with van der Waals surface area (Å²) in [4.78, 5) is 21.6. The highest BCUT2D eigenvalue weighted by Gasteiger charge is 2.19. The maximum absolute atomic E-state index is 11.2. The minimum atomic E-state index is -0.868. The summed E-state index contributed by atoms with van der Waals surface area (Å²) in [5.74, 6) is -0.204. The standard InChI is InChI=1S/C19H20O2.C9H10O2/c20-18-9-6-14(12-18)7-10-19(21)13-15-5-8-16-3-1-2-4-17(16)11-15;1-2-7-3-5-8(6-4-7)9(10)11/h1-5,7-8,10-11,14,19,21H,6,9,12-13H2;3-6H,2H2,1H3,(H,10,11)/b10-7+;/t14-,19?;/m1./s1. The SMILES string of the molecule is CCc1ccc(C(=O)O)cc1.O=C1CC[C@H](/C=C/C(O)Cc2ccc3ccccc3c2)C1. The van der Waals surface area contributed by atoms with Crippen molar-refractivity contribution >= 4 is 22.5 Å². The number of rotatable bonds is 6. The molecule has 166 valence electrons. The Morgan fingerprint density at radius 2 is 1.72 bits per heavy atom. The lowest BCUT2D eigenvalue weighted by atomic mass is 10.0. The molecule has 0 aromatic heterocycles. The topological polar surface area (TPSA) is 74.6 Å². The van der Waals surface area contributed by atoms with Crippen molar-refractivity contribution in [2.24, 2.45) is 5.92 Å². The summed E-state index contributed by atoms with van der Waals surface area (Å²) in [6, 6.07) is 21.5. The summed E-state index contributed by atoms with van der Waals surface area (Å²) in [5.41, 5.74) is 2.64. The summed E-state index contributed by atoms with van der Waals surface area (Å²) in [6.45, 7) is 2.04. The summed E-state index contributed by atoms with van der Waals surface area (Å²) < 4.78 is 0. The zero-order valence-electron chi connectivity index (χ0n) is 18.4. The number of aliphatic hydroxyl groups is 1. The van der Waals surface area contributed by atoms with Gasteiger partial charge >= 0.3 is 5.97 Å². The molecule has 1 aliphatic carbocycles. The first-order valence-electron chi connectivity index (χ1n) is 11.1. The zero-order chi connectivity index (χ0) is 22.9. The molecule has 32 heavy (non-hydrogen) atoms. The number of ketones is 1. The van der Waals surface area contributed by atoms with E-state index in [2.05, 4.69) is 30.3 Å². The number of carboxylic acids is 1. The predicted molar refractivity (Wildman–Crippen MR) is 128 cm³/mol. The number of allylic oxidation sites excluding steroid dienone is 1. The van der Waals surface area contributed by atoms with E-state index in [0.29, 0.717) is 36.5 Å². The van der Waals surface area contributed by atoms with Gasteiger partial charge in [-0.3, -0.25) is 4.79 Å². The van der Waals surface area contributed by atoms with E-state index in [1.807, 2.05) is 43.3 Å². The van der Waals surface area contributed by atoms with E-state index in [1.54, 1.807) is 12.1 Å². The first kappa shape index (κ1) is 23.4. The van der Waals surface area contributed by atoms with Crippen molar-refractivity contribution in [3.63, 3.8) is 0 Å². The summed E-state index contributed by atoms with van der Waals surface area (Å²) in [6.07, 6.45) is 7.19. The van der Waals surface area contributed by atoms with Gasteiger partial charge in [-0.25, -0.2) is 4.79 Å². The van der Waals surface area contributed by atoms with Gasteiger partial charge in [0, 0.05) is 19.3 Å². The monoisotopic (exact) mass is 430 g/mol. The average molecular weight is 431 g/mol. The van der Waals surface area contributed by atoms with Crippen LogP contribution in [-0.4, -0.2) is 28.1 Å². The fourth-order valence-electron chi connectivity index (χ4n) is 3.85. The number of hydrogen-bond acceptors (Lipinski definition) is 3. The first-order valence-corrected chi connectivity index (χ1v) is 11.1. The van der Waals surface area contributed by atoms with Crippen LogP contribution in [0.4, 0.5) is 0 Å². The number of aryl methyl sites for hydroxylation is 1. The van der Waals surface area contributed by atoms with Crippen LogP contribution in [0.5, 0.6) is 0 Å². The van der Waals surface area contributed by atoms with Gasteiger partial charge in [0.05, 0.1) is 11.7 Å². The highest BCUT2D eigenvalue weighted by atomic mass is 16.4. The largest absolute Gasteiger partial charge is 0.478 e. The molecule has 0 aliphatic heterocycles. The maximum atomic E-state index is 11.2. The number of carbonyl (C=O) groups is 2. The van der Waals surface area contributed by atoms with Crippen LogP contribution in [0.2, 0.25) is 0 Å². The smallest absolute Gasteiger partial charge is 0.335 e. The molecular formula is C28H30O4. The fourth-order valence-corrected chi connectivity index (χ4v) is 3.85. The van der Waals surface area contributed by atoms with Crippen LogP contribution < -0.4 is 0 Å². The summed E-state index contributed by atoms with van der Waals surface area (Å²) in [5, 5.41) is 21.1. The van der Waals surface area contributed by atoms with Crippen LogP contribution in [0.3, 0.4) is 0 Å². The molecule has 2 atom stereocenters. The van der Waals surface area contributed by atoms with Gasteiger partial charge < -0.3 is 10.2 Å². The van der Waals surface area contributed by atoms with Crippen LogP contribution in [0.15, 0.2) is 78.9 Å². The highest BCUT2D eigenvalue weighted by molar-refractivity contribution is 5.87. The van der Waals surface area contributed by atoms with Crippen molar-refractivity contribution in [1.82, 2.24) is 0 Å². The van der Waals surface area contributed by atoms with Gasteiger partial charge in [-0.05, 0) is 52.8 Å². The van der Waals surface area contributed by atoms with Gasteiger partial charge in [-0.1, -0.05) is 73.7 Å². The second kappa shape index (κ2) is 11.4. The molecule has 1 fully saturated rings. The second-order valence-corrected chi connectivity index (χ2v) is 8.24. The molecule has 4 heteroatoms. The molecule has 1 saturated carbocycles. The van der Waals surface area contributed by atoms with Crippen molar-refractivity contribution in [2.45, 2.75) is 45.1 Å². The van der Waals surface area contributed by atoms with Crippen LogP contribution in [0, 0.1) is 5.92 Å². The Kier molecular flexibility index (Phi) is 8.34. The number of aromatic carboxylic acids is 1. The molecule has 0 heterocycles. The first-order chi connectivity index (χ1) is 15.4. The second-order valence-electron chi connectivity index (χ2n) is 8.24. The van der Waals surface area contributed by atoms with E-state index in [-0.39, 0.29) is 0 Å². The molecule has 1 aliphatic rings. The number of fused-ring (bicyclic) bond motifs is 1. The molecule has 0 radical (unpaired) electrons. The lowest BCUT2D eigenvalue weighted by Gasteiger charge is -2.08. The highest BCUT2D eigenvalue weighted by Crippen LogP contribution is 2.23. The van der Waals surface area contributed by atoms with Crippen molar-refractivity contribution in [3.05, 3.63) is 95.6 Å². The molecular weight excluding hydrogens is 400 g/mol. The average Bonchev–Trinajstić information content (AvgIpc) is 3.23. The molecule has 0 bridgehead atoms. The number of hydrogen-bond donors (Lipinski definition) is 2. The van der Waals surface area contributed by atoms with Gasteiger partial charge in [0.2, 0.25) is 0 Å². The van der Waals surface area contributed by atoms with Crippen LogP contribution >= 0.6 is 0 Å². The molecule has 0 spiro atoms. The molecule has 3 aromatic carbocycles. The summed E-state index contributed by atoms with van der Waals surface area (Å²) in [7, 11) is 0. The van der Waals surface area contributed by atoms with E-state index in [4.69, 9.17) is 5.11 Å². The van der Waals surface area contributed by atoms with Gasteiger partial charge in [-0.2, -0.15) is 0 Å². The molecule has 0 amide bonds. The number of carbonyl (C=O) groups excluding carboxylic acids is 1. The third kappa shape index (κ3) is 6.89. The van der Waals surface area contributed by atoms with E-state index in [9.17, 15) is 14.7 Å². The van der Waals surface area contributed by atoms with Crippen molar-refractivity contribution in [3.8, 4) is 0 Å². The van der Waals surface area contributed by atoms with Crippen LogP contribution in [0.25, 0.3) is 10.8 Å². The Balaban J connectivity index is 0.000000222. The summed E-state index contributed by atoms with van der Waals surface area (Å²) >= 11 is 0. The van der Waals surface area contributed by atoms with Gasteiger partial charge in [0.1, 0.15) is 5.78 Å². The van der Waals surface area contributed by atoms with Crippen LogP contribution in [-0.2, 0) is 17.6 Å². The van der Waals surface area contributed by atoms with Crippen molar-refractivity contribution in [2.75, 3.05) is 0 Å². The normalized spacial score (nSPS) is 16.7. The zero-order valence-corrected chi connectivity index (χ0v) is 18.4. The number of aliphatic hydroxyl groups excluding tert-OH is 1. The van der Waals surface area contributed by atoms with E-state index in [0.717, 1.165) is 24.0 Å². The molecule has 0 saturated heterocycles. The van der Waals surface area contributed by atoms with Crippen molar-refractivity contribution in [1.29, 1.82) is 0 Å². The lowest BCUT2D eigenvalue weighted by molar-refractivity contribution is -0.117. The fraction of sp³-hybridized carbons (Fsp3) is 0.286. The Hall–Kier alpha value is -3.24. The molecule has 4 rings (SSSR count). The third-order valence-electron chi connectivity index (χ3n) is 5.76. The maximum Gasteiger partial charge on any atom is 0.335 e. The minimum absolute atomic E-state index is 0.323. The molecule has 4 nitrogen and oxygen atoms in total. The Bertz CT molecular complexity index is 1080. The van der Waals surface area contributed by atoms with Crippen molar-refractivity contribution < 1.29 is 19.8 Å². The lowest BCUT2D eigenvalue weighted by Crippen LogP contribution is -2.07.